The normalized spacial score (nSPS) is 27.2. The molecule has 1 aromatic carbocycles. The van der Waals surface area contributed by atoms with Crippen molar-refractivity contribution in [2.75, 3.05) is 42.9 Å². The van der Waals surface area contributed by atoms with Gasteiger partial charge in [-0.05, 0) is 68.1 Å². The number of aromatic nitrogens is 2. The van der Waals surface area contributed by atoms with Gasteiger partial charge in [0.2, 0.25) is 11.9 Å². The maximum absolute atomic E-state index is 12.2. The van der Waals surface area contributed by atoms with Gasteiger partial charge in [0, 0.05) is 62.5 Å². The fraction of sp³-hybridized carbons (Fsp3) is 0.548. The molecule has 9 heteroatoms. The number of carbonyl (C=O) groups is 2. The van der Waals surface area contributed by atoms with E-state index in [-0.39, 0.29) is 23.4 Å². The molecule has 2 N–H and O–H groups in total. The molecule has 8 rings (SSSR count). The molecule has 3 saturated carbocycles. The van der Waals surface area contributed by atoms with Crippen molar-refractivity contribution in [3.8, 4) is 0 Å². The highest BCUT2D eigenvalue weighted by molar-refractivity contribution is 5.93. The summed E-state index contributed by atoms with van der Waals surface area (Å²) < 4.78 is 0. The molecule has 1 unspecified atom stereocenters. The van der Waals surface area contributed by atoms with E-state index in [2.05, 4.69) is 63.3 Å². The standard InChI is InChI=1S/C31H39N7O2/c1-4-26(39)37-18-31(19-37)16-36(17-31)25(13-30-10-21(11-30)12-30)23-8-6-22(7-9-23)20(3)34-28-32-14-24-15-33-29(40)38(5-2)27(24)35-28/h4,6-9,14,20-21,25H,1,5,10-13,15-19H2,2-3H3,(H,33,40)(H,32,34,35)/t20-,21?,25?,30?/m0/s1. The van der Waals surface area contributed by atoms with Crippen molar-refractivity contribution >= 4 is 23.7 Å². The van der Waals surface area contributed by atoms with Crippen LogP contribution in [-0.2, 0) is 11.3 Å². The lowest BCUT2D eigenvalue weighted by atomic mass is 9.42. The van der Waals surface area contributed by atoms with Crippen LogP contribution in [0, 0.1) is 16.7 Å². The number of hydrogen-bond donors (Lipinski definition) is 2. The van der Waals surface area contributed by atoms with E-state index in [1.54, 1.807) is 11.1 Å². The molecule has 3 aliphatic carbocycles. The molecule has 3 aliphatic heterocycles. The predicted octanol–water partition coefficient (Wildman–Crippen LogP) is 4.26. The highest BCUT2D eigenvalue weighted by Gasteiger charge is 2.59. The Labute approximate surface area is 236 Å². The Kier molecular flexibility index (Phi) is 5.93. The Morgan fingerprint density at radius 1 is 1.18 bits per heavy atom. The number of nitrogens with one attached hydrogen (secondary N) is 2. The monoisotopic (exact) mass is 541 g/mol. The number of hydrogen-bond acceptors (Lipinski definition) is 6. The first-order chi connectivity index (χ1) is 19.3. The largest absolute Gasteiger partial charge is 0.348 e. The van der Waals surface area contributed by atoms with Crippen molar-refractivity contribution in [1.82, 2.24) is 25.1 Å². The number of anilines is 2. The average molecular weight is 542 g/mol. The molecular weight excluding hydrogens is 502 g/mol. The van der Waals surface area contributed by atoms with Crippen LogP contribution in [0.5, 0.6) is 0 Å². The molecule has 2 bridgehead atoms. The smallest absolute Gasteiger partial charge is 0.323 e. The van der Waals surface area contributed by atoms with Crippen molar-refractivity contribution in [3.63, 3.8) is 0 Å². The first-order valence-corrected chi connectivity index (χ1v) is 14.7. The number of rotatable bonds is 9. The zero-order chi connectivity index (χ0) is 27.6. The molecule has 1 spiro atoms. The predicted molar refractivity (Wildman–Crippen MR) is 154 cm³/mol. The molecule has 2 aromatic rings. The zero-order valence-corrected chi connectivity index (χ0v) is 23.5. The van der Waals surface area contributed by atoms with Gasteiger partial charge >= 0.3 is 6.03 Å². The van der Waals surface area contributed by atoms with Gasteiger partial charge in [0.25, 0.3) is 0 Å². The Balaban J connectivity index is 1.03. The van der Waals surface area contributed by atoms with Gasteiger partial charge < -0.3 is 15.5 Å². The van der Waals surface area contributed by atoms with Gasteiger partial charge in [-0.1, -0.05) is 30.8 Å². The number of likely N-dealkylation sites (tertiary alicyclic amines) is 2. The molecular formula is C31H39N7O2. The van der Waals surface area contributed by atoms with Gasteiger partial charge in [0.15, 0.2) is 0 Å². The number of benzene rings is 1. The quantitative estimate of drug-likeness (QED) is 0.461. The molecule has 3 amide bonds. The summed E-state index contributed by atoms with van der Waals surface area (Å²) in [5, 5.41) is 6.30. The van der Waals surface area contributed by atoms with E-state index in [0.717, 1.165) is 37.7 Å². The third kappa shape index (κ3) is 4.17. The fourth-order valence-corrected chi connectivity index (χ4v) is 7.83. The van der Waals surface area contributed by atoms with E-state index in [1.807, 2.05) is 11.8 Å². The molecule has 40 heavy (non-hydrogen) atoms. The Bertz CT molecular complexity index is 1330. The SMILES string of the molecule is C=CC(=O)N1CC2(C1)CN(C(CC13CC(C1)C3)c1ccc([C@H](C)Nc3ncc4c(n3)N(CC)C(=O)NC4)cc1)C2. The van der Waals surface area contributed by atoms with Crippen molar-refractivity contribution in [2.24, 2.45) is 16.7 Å². The van der Waals surface area contributed by atoms with Gasteiger partial charge in [-0.2, -0.15) is 4.98 Å². The van der Waals surface area contributed by atoms with Gasteiger partial charge in [-0.15, -0.1) is 0 Å². The Hall–Kier alpha value is -3.46. The van der Waals surface area contributed by atoms with Crippen LogP contribution in [0.25, 0.3) is 0 Å². The Morgan fingerprint density at radius 2 is 1.88 bits per heavy atom. The second-order valence-corrected chi connectivity index (χ2v) is 13.0. The van der Waals surface area contributed by atoms with Crippen LogP contribution in [0.4, 0.5) is 16.6 Å². The van der Waals surface area contributed by atoms with Crippen LogP contribution in [0.1, 0.15) is 68.3 Å². The van der Waals surface area contributed by atoms with Crippen LogP contribution in [0.2, 0.25) is 0 Å². The average Bonchev–Trinajstić information content (AvgIpc) is 2.86. The van der Waals surface area contributed by atoms with Crippen LogP contribution >= 0.6 is 0 Å². The molecule has 4 heterocycles. The number of fused-ring (bicyclic) bond motifs is 1. The summed E-state index contributed by atoms with van der Waals surface area (Å²) in [4.78, 5) is 39.6. The number of amides is 3. The van der Waals surface area contributed by atoms with Crippen molar-refractivity contribution in [2.45, 2.75) is 58.2 Å². The molecule has 2 atom stereocenters. The highest BCUT2D eigenvalue weighted by atomic mass is 16.2. The second kappa shape index (κ2) is 9.29. The number of carbonyl (C=O) groups excluding carboxylic acids is 2. The topological polar surface area (TPSA) is 93.7 Å². The van der Waals surface area contributed by atoms with Gasteiger partial charge in [0.1, 0.15) is 5.82 Å². The number of urea groups is 1. The summed E-state index contributed by atoms with van der Waals surface area (Å²) >= 11 is 0. The molecule has 6 aliphatic rings. The molecule has 2 saturated heterocycles. The van der Waals surface area contributed by atoms with E-state index >= 15 is 0 Å². The first-order valence-electron chi connectivity index (χ1n) is 14.7. The van der Waals surface area contributed by atoms with E-state index < -0.39 is 0 Å². The zero-order valence-electron chi connectivity index (χ0n) is 23.5. The molecule has 0 radical (unpaired) electrons. The minimum absolute atomic E-state index is 0.0197. The van der Waals surface area contributed by atoms with E-state index in [0.29, 0.717) is 36.3 Å². The van der Waals surface area contributed by atoms with E-state index in [1.165, 1.54) is 42.9 Å². The van der Waals surface area contributed by atoms with Crippen LogP contribution < -0.4 is 15.5 Å². The maximum atomic E-state index is 12.2. The van der Waals surface area contributed by atoms with Crippen molar-refractivity contribution in [1.29, 1.82) is 0 Å². The molecule has 1 aromatic heterocycles. The minimum atomic E-state index is -0.121. The summed E-state index contributed by atoms with van der Waals surface area (Å²) in [7, 11) is 0. The maximum Gasteiger partial charge on any atom is 0.323 e. The third-order valence-corrected chi connectivity index (χ3v) is 10.1. The van der Waals surface area contributed by atoms with Crippen molar-refractivity contribution < 1.29 is 9.59 Å². The summed E-state index contributed by atoms with van der Waals surface area (Å²) in [5.41, 5.74) is 4.33. The Morgan fingerprint density at radius 3 is 2.50 bits per heavy atom. The third-order valence-electron chi connectivity index (χ3n) is 10.1. The molecule has 5 fully saturated rings. The first kappa shape index (κ1) is 25.5. The highest BCUT2D eigenvalue weighted by Crippen LogP contribution is 2.68. The lowest BCUT2D eigenvalue weighted by Gasteiger charge is -2.66. The summed E-state index contributed by atoms with van der Waals surface area (Å²) in [6, 6.07) is 9.41. The lowest BCUT2D eigenvalue weighted by molar-refractivity contribution is -0.172. The van der Waals surface area contributed by atoms with Crippen LogP contribution in [0.15, 0.2) is 43.1 Å². The van der Waals surface area contributed by atoms with E-state index in [4.69, 9.17) is 0 Å². The van der Waals surface area contributed by atoms with Gasteiger partial charge in [0.05, 0.1) is 6.04 Å². The summed E-state index contributed by atoms with van der Waals surface area (Å²) in [6.45, 7) is 12.6. The minimum Gasteiger partial charge on any atom is -0.348 e. The number of nitrogens with zero attached hydrogens (tertiary/aromatic N) is 5. The van der Waals surface area contributed by atoms with Crippen LogP contribution in [0.3, 0.4) is 0 Å². The summed E-state index contributed by atoms with van der Waals surface area (Å²) in [5.74, 6) is 2.24. The van der Waals surface area contributed by atoms with Crippen molar-refractivity contribution in [3.05, 3.63) is 59.8 Å². The van der Waals surface area contributed by atoms with Gasteiger partial charge in [-0.3, -0.25) is 14.6 Å². The van der Waals surface area contributed by atoms with Gasteiger partial charge in [-0.25, -0.2) is 9.78 Å². The van der Waals surface area contributed by atoms with Crippen LogP contribution in [-0.4, -0.2) is 64.4 Å². The fourth-order valence-electron chi connectivity index (χ4n) is 7.83. The second-order valence-electron chi connectivity index (χ2n) is 13.0. The lowest BCUT2D eigenvalue weighted by Crippen LogP contribution is -2.73. The molecule has 210 valence electrons. The summed E-state index contributed by atoms with van der Waals surface area (Å²) in [6.07, 6.45) is 8.68. The van der Waals surface area contributed by atoms with E-state index in [9.17, 15) is 9.59 Å². The molecule has 9 nitrogen and oxygen atoms in total.